The van der Waals surface area contributed by atoms with Gasteiger partial charge >= 0.3 is 6.18 Å². The molecule has 7 nitrogen and oxygen atoms in total. The van der Waals surface area contributed by atoms with Gasteiger partial charge in [-0.05, 0) is 55.7 Å². The number of nitrogens with one attached hydrogen (secondary N) is 1. The lowest BCUT2D eigenvalue weighted by atomic mass is 10.1. The number of hydrogen-bond donors (Lipinski definition) is 1. The monoisotopic (exact) mass is 623 g/mol. The summed E-state index contributed by atoms with van der Waals surface area (Å²) in [5.74, 6) is -1.10. The second-order valence-corrected chi connectivity index (χ2v) is 12.6. The van der Waals surface area contributed by atoms with Gasteiger partial charge in [0.05, 0.1) is 21.2 Å². The van der Waals surface area contributed by atoms with Crippen molar-refractivity contribution in [3.8, 4) is 0 Å². The summed E-state index contributed by atoms with van der Waals surface area (Å²) in [5, 5.41) is 2.16. The van der Waals surface area contributed by atoms with Gasteiger partial charge in [-0.1, -0.05) is 73.5 Å². The summed E-state index contributed by atoms with van der Waals surface area (Å²) in [6, 6.07) is 15.9. The number of nitrogens with zero attached hydrogens (tertiary/aromatic N) is 2. The molecule has 3 aromatic rings. The average Bonchev–Trinajstić information content (AvgIpc) is 2.94. The van der Waals surface area contributed by atoms with Crippen LogP contribution in [0.4, 0.5) is 18.9 Å². The Morgan fingerprint density at radius 1 is 0.952 bits per heavy atom. The summed E-state index contributed by atoms with van der Waals surface area (Å²) in [6.07, 6.45) is -4.88. The fourth-order valence-corrected chi connectivity index (χ4v) is 5.71. The van der Waals surface area contributed by atoms with E-state index in [1.54, 1.807) is 18.2 Å². The minimum Gasteiger partial charge on any atom is -0.354 e. The van der Waals surface area contributed by atoms with E-state index in [1.807, 2.05) is 32.9 Å². The zero-order valence-electron chi connectivity index (χ0n) is 23.7. The van der Waals surface area contributed by atoms with E-state index < -0.39 is 56.9 Å². The van der Waals surface area contributed by atoms with E-state index in [0.717, 1.165) is 17.7 Å². The van der Waals surface area contributed by atoms with Crippen molar-refractivity contribution in [2.24, 2.45) is 5.92 Å². The van der Waals surface area contributed by atoms with Crippen LogP contribution in [0.25, 0.3) is 0 Å². The molecule has 0 saturated carbocycles. The van der Waals surface area contributed by atoms with E-state index in [4.69, 9.17) is 11.6 Å². The molecule has 0 aliphatic rings. The summed E-state index contributed by atoms with van der Waals surface area (Å²) in [6.45, 7) is 6.67. The molecule has 0 aromatic heterocycles. The predicted molar refractivity (Wildman–Crippen MR) is 156 cm³/mol. The van der Waals surface area contributed by atoms with Crippen LogP contribution in [0.3, 0.4) is 0 Å². The Morgan fingerprint density at radius 3 is 2.14 bits per heavy atom. The van der Waals surface area contributed by atoms with Crippen LogP contribution in [0, 0.1) is 12.8 Å². The van der Waals surface area contributed by atoms with Crippen LogP contribution in [0.5, 0.6) is 0 Å². The predicted octanol–water partition coefficient (Wildman–Crippen LogP) is 6.05. The van der Waals surface area contributed by atoms with Crippen molar-refractivity contribution in [2.45, 2.75) is 51.4 Å². The molecule has 12 heteroatoms. The largest absolute Gasteiger partial charge is 0.417 e. The number of benzene rings is 3. The van der Waals surface area contributed by atoms with Crippen LogP contribution in [0.15, 0.2) is 77.7 Å². The van der Waals surface area contributed by atoms with Crippen molar-refractivity contribution in [3.05, 3.63) is 94.5 Å². The number of carbonyl (C=O) groups excluding carboxylic acids is 2. The molecule has 0 bridgehead atoms. The summed E-state index contributed by atoms with van der Waals surface area (Å²) in [7, 11) is -4.53. The van der Waals surface area contributed by atoms with Gasteiger partial charge in [0.2, 0.25) is 11.8 Å². The number of alkyl halides is 3. The smallest absolute Gasteiger partial charge is 0.354 e. The van der Waals surface area contributed by atoms with E-state index in [2.05, 4.69) is 5.32 Å². The maximum atomic E-state index is 13.9. The van der Waals surface area contributed by atoms with Crippen LogP contribution in [0.2, 0.25) is 5.02 Å². The number of hydrogen-bond acceptors (Lipinski definition) is 4. The molecule has 1 atom stereocenters. The van der Waals surface area contributed by atoms with Crippen LogP contribution in [-0.4, -0.2) is 44.3 Å². The standard InChI is InChI=1S/C30H33ClF3N3O4S/c1-20(2)17-35-29(39)22(4)36(18-23-12-10-21(3)11-13-23)28(38)19-37(42(40,41)25-8-6-5-7-9-25)24-14-15-27(31)26(16-24)30(32,33)34/h5-16,20,22H,17-19H2,1-4H3,(H,35,39). The van der Waals surface area contributed by atoms with Crippen molar-refractivity contribution in [2.75, 3.05) is 17.4 Å². The molecule has 1 N–H and O–H groups in total. The molecule has 2 amide bonds. The van der Waals surface area contributed by atoms with E-state index in [9.17, 15) is 31.2 Å². The first-order chi connectivity index (χ1) is 19.6. The summed E-state index contributed by atoms with van der Waals surface area (Å²) < 4.78 is 69.3. The normalized spacial score (nSPS) is 12.6. The van der Waals surface area contributed by atoms with Crippen molar-refractivity contribution in [1.82, 2.24) is 10.2 Å². The number of halogens is 4. The van der Waals surface area contributed by atoms with Gasteiger partial charge in [0.1, 0.15) is 12.6 Å². The third-order valence-corrected chi connectivity index (χ3v) is 8.60. The maximum Gasteiger partial charge on any atom is 0.417 e. The summed E-state index contributed by atoms with van der Waals surface area (Å²) >= 11 is 5.80. The highest BCUT2D eigenvalue weighted by atomic mass is 35.5. The first kappa shape index (κ1) is 32.9. The van der Waals surface area contributed by atoms with Crippen molar-refractivity contribution >= 4 is 39.1 Å². The lowest BCUT2D eigenvalue weighted by Gasteiger charge is -2.32. The van der Waals surface area contributed by atoms with Gasteiger partial charge in [-0.25, -0.2) is 8.42 Å². The average molecular weight is 624 g/mol. The van der Waals surface area contributed by atoms with Gasteiger partial charge in [0.25, 0.3) is 10.0 Å². The molecule has 0 aliphatic heterocycles. The number of amides is 2. The van der Waals surface area contributed by atoms with Gasteiger partial charge in [-0.2, -0.15) is 13.2 Å². The van der Waals surface area contributed by atoms with E-state index in [0.29, 0.717) is 22.5 Å². The number of carbonyl (C=O) groups is 2. The van der Waals surface area contributed by atoms with Crippen molar-refractivity contribution < 1.29 is 31.2 Å². The minimum absolute atomic E-state index is 0.0387. The first-order valence-electron chi connectivity index (χ1n) is 13.2. The molecule has 226 valence electrons. The third kappa shape index (κ3) is 8.25. The second kappa shape index (κ2) is 13.6. The lowest BCUT2D eigenvalue weighted by molar-refractivity contribution is -0.139. The van der Waals surface area contributed by atoms with E-state index >= 15 is 0 Å². The van der Waals surface area contributed by atoms with Crippen LogP contribution in [0.1, 0.15) is 37.5 Å². The molecular weight excluding hydrogens is 591 g/mol. The van der Waals surface area contributed by atoms with Crippen molar-refractivity contribution in [1.29, 1.82) is 0 Å². The number of rotatable bonds is 11. The van der Waals surface area contributed by atoms with Gasteiger partial charge in [0, 0.05) is 13.1 Å². The van der Waals surface area contributed by atoms with Gasteiger partial charge in [-0.3, -0.25) is 13.9 Å². The van der Waals surface area contributed by atoms with E-state index in [1.165, 1.54) is 36.1 Å². The van der Waals surface area contributed by atoms with Crippen LogP contribution >= 0.6 is 11.6 Å². The van der Waals surface area contributed by atoms with Crippen LogP contribution < -0.4 is 9.62 Å². The quantitative estimate of drug-likeness (QED) is 0.282. The topological polar surface area (TPSA) is 86.8 Å². The SMILES string of the molecule is Cc1ccc(CN(C(=O)CN(c2ccc(Cl)c(C(F)(F)F)c2)S(=O)(=O)c2ccccc2)C(C)C(=O)NCC(C)C)cc1. The molecule has 0 radical (unpaired) electrons. The fraction of sp³-hybridized carbons (Fsp3) is 0.333. The second-order valence-electron chi connectivity index (χ2n) is 10.3. The molecule has 0 spiro atoms. The number of anilines is 1. The molecule has 0 heterocycles. The van der Waals surface area contributed by atoms with Gasteiger partial charge in [-0.15, -0.1) is 0 Å². The number of aryl methyl sites for hydroxylation is 1. The maximum absolute atomic E-state index is 13.9. The zero-order valence-corrected chi connectivity index (χ0v) is 25.2. The molecular formula is C30H33ClF3N3O4S. The molecule has 0 saturated heterocycles. The molecule has 3 rings (SSSR count). The summed E-state index contributed by atoms with van der Waals surface area (Å²) in [4.78, 5) is 27.9. The fourth-order valence-electron chi connectivity index (χ4n) is 4.06. The Labute approximate surface area is 249 Å². The molecule has 0 fully saturated rings. The number of sulfonamides is 1. The molecule has 3 aromatic carbocycles. The summed E-state index contributed by atoms with van der Waals surface area (Å²) in [5.41, 5.74) is -0.0000820. The minimum atomic E-state index is -4.88. The van der Waals surface area contributed by atoms with E-state index in [-0.39, 0.29) is 17.4 Å². The van der Waals surface area contributed by atoms with Gasteiger partial charge in [0.15, 0.2) is 0 Å². The third-order valence-electron chi connectivity index (χ3n) is 6.48. The van der Waals surface area contributed by atoms with Crippen molar-refractivity contribution in [3.63, 3.8) is 0 Å². The highest BCUT2D eigenvalue weighted by Gasteiger charge is 2.37. The zero-order chi connectivity index (χ0) is 31.2. The Morgan fingerprint density at radius 2 is 1.57 bits per heavy atom. The molecule has 0 aliphatic carbocycles. The highest BCUT2D eigenvalue weighted by molar-refractivity contribution is 7.92. The molecule has 1 unspecified atom stereocenters. The Hall–Kier alpha value is -3.57. The first-order valence-corrected chi connectivity index (χ1v) is 15.0. The Bertz CT molecular complexity index is 1500. The highest BCUT2D eigenvalue weighted by Crippen LogP contribution is 2.38. The Kier molecular flexibility index (Phi) is 10.7. The lowest BCUT2D eigenvalue weighted by Crippen LogP contribution is -2.51. The van der Waals surface area contributed by atoms with Crippen LogP contribution in [-0.2, 0) is 32.3 Å². The Balaban J connectivity index is 2.08. The molecule has 42 heavy (non-hydrogen) atoms. The van der Waals surface area contributed by atoms with Gasteiger partial charge < -0.3 is 10.2 Å².